The quantitative estimate of drug-likeness (QED) is 0.750. The van der Waals surface area contributed by atoms with E-state index >= 15 is 0 Å². The molecule has 2 aromatic rings. The molecule has 0 bridgehead atoms. The fourth-order valence-corrected chi connectivity index (χ4v) is 5.28. The molecule has 9 heteroatoms. The second-order valence-corrected chi connectivity index (χ2v) is 10.9. The zero-order valence-corrected chi connectivity index (χ0v) is 18.2. The molecule has 0 radical (unpaired) electrons. The number of carbonyl (C=O) groups excluding carboxylic acids is 1. The molecular weight excluding hydrogens is 412 g/mol. The first kappa shape index (κ1) is 21.5. The number of carbonyl (C=O) groups is 1. The Kier molecular flexibility index (Phi) is 5.84. The molecule has 1 atom stereocenters. The number of hydrogen-bond donors (Lipinski definition) is 1. The standard InChI is InChI=1S/C20H24N2O5S2/c1-4-20(23)22-12-11-16-13-18(9-10-19(16)22)29(26,27)21-14(2)15-5-7-17(8-6-15)28(3,24)25/h5-10,13-14,21H,4,11-12H2,1-3H3. The van der Waals surface area contributed by atoms with Gasteiger partial charge in [0.1, 0.15) is 0 Å². The molecule has 0 aromatic heterocycles. The predicted octanol–water partition coefficient (Wildman–Crippen LogP) is 2.43. The summed E-state index contributed by atoms with van der Waals surface area (Å²) in [6.45, 7) is 4.05. The van der Waals surface area contributed by atoms with Crippen molar-refractivity contribution in [2.24, 2.45) is 0 Å². The lowest BCUT2D eigenvalue weighted by Crippen LogP contribution is -2.28. The number of benzene rings is 2. The van der Waals surface area contributed by atoms with Crippen molar-refractivity contribution in [1.82, 2.24) is 4.72 Å². The van der Waals surface area contributed by atoms with Gasteiger partial charge >= 0.3 is 0 Å². The highest BCUT2D eigenvalue weighted by atomic mass is 32.2. The zero-order chi connectivity index (χ0) is 21.4. The van der Waals surface area contributed by atoms with Gasteiger partial charge in [-0.2, -0.15) is 0 Å². The Balaban J connectivity index is 1.80. The van der Waals surface area contributed by atoms with Gasteiger partial charge < -0.3 is 4.90 Å². The highest BCUT2D eigenvalue weighted by Gasteiger charge is 2.26. The topological polar surface area (TPSA) is 101 Å². The van der Waals surface area contributed by atoms with Crippen LogP contribution in [0, 0.1) is 0 Å². The van der Waals surface area contributed by atoms with Gasteiger partial charge in [0.15, 0.2) is 9.84 Å². The van der Waals surface area contributed by atoms with Crippen LogP contribution in [0.15, 0.2) is 52.3 Å². The number of hydrogen-bond acceptors (Lipinski definition) is 5. The molecule has 1 heterocycles. The fraction of sp³-hybridized carbons (Fsp3) is 0.350. The van der Waals surface area contributed by atoms with Gasteiger partial charge in [-0.1, -0.05) is 19.1 Å². The van der Waals surface area contributed by atoms with Gasteiger partial charge in [0.2, 0.25) is 15.9 Å². The van der Waals surface area contributed by atoms with Crippen molar-refractivity contribution in [2.75, 3.05) is 17.7 Å². The molecule has 1 amide bonds. The molecule has 0 saturated carbocycles. The number of fused-ring (bicyclic) bond motifs is 1. The lowest BCUT2D eigenvalue weighted by atomic mass is 10.1. The summed E-state index contributed by atoms with van der Waals surface area (Å²) < 4.78 is 51.4. The molecule has 7 nitrogen and oxygen atoms in total. The van der Waals surface area contributed by atoms with Crippen LogP contribution in [0.5, 0.6) is 0 Å². The third-order valence-electron chi connectivity index (χ3n) is 5.00. The van der Waals surface area contributed by atoms with E-state index < -0.39 is 25.9 Å². The summed E-state index contributed by atoms with van der Waals surface area (Å²) in [6, 6.07) is 10.4. The first-order valence-electron chi connectivity index (χ1n) is 9.28. The summed E-state index contributed by atoms with van der Waals surface area (Å²) in [7, 11) is -7.09. The summed E-state index contributed by atoms with van der Waals surface area (Å²) in [5, 5.41) is 0. The van der Waals surface area contributed by atoms with Gasteiger partial charge in [-0.05, 0) is 54.8 Å². The molecule has 2 aromatic carbocycles. The van der Waals surface area contributed by atoms with Crippen LogP contribution < -0.4 is 9.62 Å². The van der Waals surface area contributed by atoms with Crippen LogP contribution >= 0.6 is 0 Å². The summed E-state index contributed by atoms with van der Waals surface area (Å²) in [5.74, 6) is 0.0173. The summed E-state index contributed by atoms with van der Waals surface area (Å²) in [6.07, 6.45) is 2.14. The van der Waals surface area contributed by atoms with Gasteiger partial charge in [-0.15, -0.1) is 0 Å². The minimum absolute atomic E-state index is 0.0173. The first-order chi connectivity index (χ1) is 13.5. The van der Waals surface area contributed by atoms with Crippen molar-refractivity contribution in [3.05, 3.63) is 53.6 Å². The number of amides is 1. The lowest BCUT2D eigenvalue weighted by molar-refractivity contribution is -0.118. The predicted molar refractivity (Wildman–Crippen MR) is 111 cm³/mol. The van der Waals surface area contributed by atoms with Gasteiger partial charge in [0.25, 0.3) is 0 Å². The average molecular weight is 437 g/mol. The molecule has 1 aliphatic rings. The third kappa shape index (κ3) is 4.52. The molecule has 0 fully saturated rings. The van der Waals surface area contributed by atoms with E-state index in [-0.39, 0.29) is 15.7 Å². The third-order valence-corrected chi connectivity index (χ3v) is 7.67. The fourth-order valence-electron chi connectivity index (χ4n) is 3.37. The Hall–Kier alpha value is -2.23. The van der Waals surface area contributed by atoms with Crippen molar-refractivity contribution in [1.29, 1.82) is 0 Å². The van der Waals surface area contributed by atoms with E-state index in [2.05, 4.69) is 4.72 Å². The van der Waals surface area contributed by atoms with Crippen LogP contribution in [0.25, 0.3) is 0 Å². The number of anilines is 1. The van der Waals surface area contributed by atoms with Crippen molar-refractivity contribution in [3.8, 4) is 0 Å². The second kappa shape index (κ2) is 7.89. The molecule has 3 rings (SSSR count). The van der Waals surface area contributed by atoms with Gasteiger partial charge in [0.05, 0.1) is 9.79 Å². The maximum absolute atomic E-state index is 12.8. The molecule has 1 N–H and O–H groups in total. The van der Waals surface area contributed by atoms with Gasteiger partial charge in [0, 0.05) is 31.0 Å². The molecule has 1 aliphatic heterocycles. The van der Waals surface area contributed by atoms with E-state index in [1.165, 1.54) is 18.2 Å². The Morgan fingerprint density at radius 2 is 1.69 bits per heavy atom. The Labute approximate surface area is 171 Å². The average Bonchev–Trinajstić information content (AvgIpc) is 3.09. The van der Waals surface area contributed by atoms with Crippen molar-refractivity contribution in [3.63, 3.8) is 0 Å². The van der Waals surface area contributed by atoms with Crippen molar-refractivity contribution in [2.45, 2.75) is 42.5 Å². The first-order valence-corrected chi connectivity index (χ1v) is 12.7. The number of sulfone groups is 1. The molecule has 0 saturated heterocycles. The molecule has 1 unspecified atom stereocenters. The van der Waals surface area contributed by atoms with E-state index in [0.717, 1.165) is 17.5 Å². The summed E-state index contributed by atoms with van der Waals surface area (Å²) in [4.78, 5) is 14.0. The molecule has 0 spiro atoms. The van der Waals surface area contributed by atoms with Crippen molar-refractivity contribution < 1.29 is 21.6 Å². The number of sulfonamides is 1. The SMILES string of the molecule is CCC(=O)N1CCc2cc(S(=O)(=O)NC(C)c3ccc(S(C)(=O)=O)cc3)ccc21. The van der Waals surface area contributed by atoms with E-state index in [1.807, 2.05) is 0 Å². The van der Waals surface area contributed by atoms with Crippen LogP contribution in [0.4, 0.5) is 5.69 Å². The zero-order valence-electron chi connectivity index (χ0n) is 16.5. The maximum Gasteiger partial charge on any atom is 0.241 e. The number of nitrogens with one attached hydrogen (secondary N) is 1. The van der Waals surface area contributed by atoms with Gasteiger partial charge in [-0.25, -0.2) is 21.6 Å². The maximum atomic E-state index is 12.8. The molecule has 29 heavy (non-hydrogen) atoms. The number of nitrogens with zero attached hydrogens (tertiary/aromatic N) is 1. The van der Waals surface area contributed by atoms with E-state index in [1.54, 1.807) is 43.0 Å². The van der Waals surface area contributed by atoms with Crippen LogP contribution in [0.2, 0.25) is 0 Å². The van der Waals surface area contributed by atoms with Gasteiger partial charge in [-0.3, -0.25) is 4.79 Å². The molecular formula is C20H24N2O5S2. The van der Waals surface area contributed by atoms with Crippen LogP contribution in [0.1, 0.15) is 37.4 Å². The normalized spacial score (nSPS) is 15.2. The van der Waals surface area contributed by atoms with Crippen molar-refractivity contribution >= 4 is 31.5 Å². The Bertz CT molecular complexity index is 1140. The van der Waals surface area contributed by atoms with Crippen LogP contribution in [0.3, 0.4) is 0 Å². The smallest absolute Gasteiger partial charge is 0.241 e. The molecule has 156 valence electrons. The summed E-state index contributed by atoms with van der Waals surface area (Å²) >= 11 is 0. The molecule has 0 aliphatic carbocycles. The lowest BCUT2D eigenvalue weighted by Gasteiger charge is -2.18. The van der Waals surface area contributed by atoms with E-state index in [9.17, 15) is 21.6 Å². The largest absolute Gasteiger partial charge is 0.312 e. The highest BCUT2D eigenvalue weighted by molar-refractivity contribution is 7.90. The monoisotopic (exact) mass is 436 g/mol. The summed E-state index contributed by atoms with van der Waals surface area (Å²) in [5.41, 5.74) is 2.25. The number of rotatable bonds is 6. The second-order valence-electron chi connectivity index (χ2n) is 7.12. The van der Waals surface area contributed by atoms with E-state index in [0.29, 0.717) is 24.9 Å². The van der Waals surface area contributed by atoms with Crippen LogP contribution in [-0.4, -0.2) is 35.5 Å². The van der Waals surface area contributed by atoms with Crippen LogP contribution in [-0.2, 0) is 31.1 Å². The van der Waals surface area contributed by atoms with E-state index in [4.69, 9.17) is 0 Å². The minimum atomic E-state index is -3.78. The Morgan fingerprint density at radius 1 is 1.07 bits per heavy atom. The Morgan fingerprint density at radius 3 is 2.28 bits per heavy atom. The minimum Gasteiger partial charge on any atom is -0.312 e. The highest BCUT2D eigenvalue weighted by Crippen LogP contribution is 2.31.